The second kappa shape index (κ2) is 11.2. The molecule has 0 aliphatic heterocycles. The number of amides is 1. The number of hydrogen-bond acceptors (Lipinski definition) is 7. The summed E-state index contributed by atoms with van der Waals surface area (Å²) in [6, 6.07) is 7.27. The van der Waals surface area contributed by atoms with Gasteiger partial charge in [0.1, 0.15) is 5.00 Å². The minimum atomic E-state index is -0.537. The normalized spacial score (nSPS) is 16.1. The second-order valence-electron chi connectivity index (χ2n) is 9.75. The summed E-state index contributed by atoms with van der Waals surface area (Å²) in [6.07, 6.45) is 2.72. The molecular formula is C27H33N3O4S2. The Morgan fingerprint density at radius 1 is 1.28 bits per heavy atom. The van der Waals surface area contributed by atoms with E-state index in [1.54, 1.807) is 24.5 Å². The third kappa shape index (κ3) is 5.52. The lowest BCUT2D eigenvalue weighted by Crippen LogP contribution is -2.28. The van der Waals surface area contributed by atoms with E-state index in [-0.39, 0.29) is 30.0 Å². The molecule has 2 atom stereocenters. The number of carbonyl (C=O) groups is 2. The van der Waals surface area contributed by atoms with E-state index in [1.165, 1.54) is 23.1 Å². The topological polar surface area (TPSA) is 90.3 Å². The molecule has 1 aliphatic rings. The van der Waals surface area contributed by atoms with E-state index in [4.69, 9.17) is 9.72 Å². The van der Waals surface area contributed by atoms with Gasteiger partial charge in [0.15, 0.2) is 5.16 Å². The molecule has 0 radical (unpaired) electrons. The highest BCUT2D eigenvalue weighted by molar-refractivity contribution is 8.00. The lowest BCUT2D eigenvalue weighted by molar-refractivity contribution is -0.115. The van der Waals surface area contributed by atoms with Crippen LogP contribution in [0.5, 0.6) is 0 Å². The number of anilines is 1. The lowest BCUT2D eigenvalue weighted by Gasteiger charge is -2.18. The van der Waals surface area contributed by atoms with Crippen molar-refractivity contribution in [1.29, 1.82) is 0 Å². The molecule has 0 fully saturated rings. The molecule has 36 heavy (non-hydrogen) atoms. The minimum absolute atomic E-state index is 0.103. The second-order valence-corrected chi connectivity index (χ2v) is 12.2. The van der Waals surface area contributed by atoms with Crippen LogP contribution in [0.15, 0.2) is 34.2 Å². The van der Waals surface area contributed by atoms with Crippen LogP contribution < -0.4 is 10.9 Å². The van der Waals surface area contributed by atoms with Crippen LogP contribution in [0.3, 0.4) is 0 Å². The van der Waals surface area contributed by atoms with Gasteiger partial charge >= 0.3 is 5.97 Å². The first-order valence-corrected chi connectivity index (χ1v) is 14.2. The van der Waals surface area contributed by atoms with Crippen molar-refractivity contribution in [2.75, 3.05) is 11.9 Å². The summed E-state index contributed by atoms with van der Waals surface area (Å²) >= 11 is 2.73. The summed E-state index contributed by atoms with van der Waals surface area (Å²) in [6.45, 7) is 10.7. The predicted molar refractivity (Wildman–Crippen MR) is 146 cm³/mol. The molecule has 0 saturated heterocycles. The Hall–Kier alpha value is -2.65. The molecule has 0 unspecified atom stereocenters. The van der Waals surface area contributed by atoms with E-state index >= 15 is 0 Å². The number of thiophene rings is 1. The van der Waals surface area contributed by atoms with Gasteiger partial charge in [-0.05, 0) is 62.6 Å². The van der Waals surface area contributed by atoms with E-state index in [2.05, 4.69) is 12.2 Å². The number of ether oxygens (including phenoxy) is 1. The van der Waals surface area contributed by atoms with Gasteiger partial charge in [-0.15, -0.1) is 11.3 Å². The van der Waals surface area contributed by atoms with E-state index in [9.17, 15) is 14.4 Å². The van der Waals surface area contributed by atoms with Crippen molar-refractivity contribution in [2.24, 2.45) is 11.8 Å². The molecule has 1 amide bonds. The number of fused-ring (bicyclic) bond motifs is 2. The average molecular weight is 528 g/mol. The van der Waals surface area contributed by atoms with Gasteiger partial charge in [0.25, 0.3) is 5.56 Å². The molecule has 9 heteroatoms. The van der Waals surface area contributed by atoms with Crippen molar-refractivity contribution in [3.8, 4) is 0 Å². The van der Waals surface area contributed by atoms with Crippen molar-refractivity contribution in [2.45, 2.75) is 70.8 Å². The van der Waals surface area contributed by atoms with Crippen LogP contribution >= 0.6 is 23.1 Å². The number of nitrogens with one attached hydrogen (secondary N) is 1. The van der Waals surface area contributed by atoms with Gasteiger partial charge < -0.3 is 10.1 Å². The number of benzene rings is 1. The number of thioether (sulfide) groups is 1. The predicted octanol–water partition coefficient (Wildman–Crippen LogP) is 5.53. The molecule has 1 aliphatic carbocycles. The van der Waals surface area contributed by atoms with Gasteiger partial charge in [0.05, 0.1) is 28.3 Å². The maximum Gasteiger partial charge on any atom is 0.341 e. The molecule has 3 aromatic rings. The highest BCUT2D eigenvalue weighted by atomic mass is 32.2. The summed E-state index contributed by atoms with van der Waals surface area (Å²) < 4.78 is 6.99. The number of esters is 1. The monoisotopic (exact) mass is 527 g/mol. The van der Waals surface area contributed by atoms with Gasteiger partial charge in [-0.3, -0.25) is 14.2 Å². The SMILES string of the molecule is CCOC(=O)c1c(NC(=O)[C@@H](C)Sc2nc3ccccc3c(=O)n2CC(C)C)sc2c1CC[C@@H](C)C2. The van der Waals surface area contributed by atoms with Crippen molar-refractivity contribution < 1.29 is 14.3 Å². The third-order valence-electron chi connectivity index (χ3n) is 6.25. The Morgan fingerprint density at radius 3 is 2.75 bits per heavy atom. The standard InChI is InChI=1S/C27H33N3O4S2/c1-6-34-26(33)22-19-12-11-16(4)13-21(19)36-24(22)29-23(31)17(5)35-27-28-20-10-8-7-9-18(20)25(32)30(27)14-15(2)3/h7-10,15-17H,6,11-14H2,1-5H3,(H,29,31)/t16-,17-/m1/s1. The maximum absolute atomic E-state index is 13.3. The van der Waals surface area contributed by atoms with Crippen LogP contribution in [0, 0.1) is 11.8 Å². The molecule has 0 spiro atoms. The Balaban J connectivity index is 1.62. The molecule has 1 aromatic carbocycles. The summed E-state index contributed by atoms with van der Waals surface area (Å²) in [5.41, 5.74) is 2.01. The molecule has 0 bridgehead atoms. The smallest absolute Gasteiger partial charge is 0.341 e. The largest absolute Gasteiger partial charge is 0.462 e. The molecule has 2 aromatic heterocycles. The molecule has 192 valence electrons. The Morgan fingerprint density at radius 2 is 2.03 bits per heavy atom. The molecule has 0 saturated carbocycles. The van der Waals surface area contributed by atoms with E-state index in [0.29, 0.717) is 39.1 Å². The summed E-state index contributed by atoms with van der Waals surface area (Å²) in [7, 11) is 0. The third-order valence-corrected chi connectivity index (χ3v) is 8.51. The zero-order valence-electron chi connectivity index (χ0n) is 21.4. The molecule has 4 rings (SSSR count). The number of hydrogen-bond donors (Lipinski definition) is 1. The minimum Gasteiger partial charge on any atom is -0.462 e. The number of carbonyl (C=O) groups excluding carboxylic acids is 2. The lowest BCUT2D eigenvalue weighted by atomic mass is 9.88. The van der Waals surface area contributed by atoms with Crippen LogP contribution in [0.2, 0.25) is 0 Å². The number of aromatic nitrogens is 2. The van der Waals surface area contributed by atoms with E-state index < -0.39 is 5.25 Å². The van der Waals surface area contributed by atoms with E-state index in [1.807, 2.05) is 32.0 Å². The van der Waals surface area contributed by atoms with Gasteiger partial charge in [-0.1, -0.05) is 44.7 Å². The van der Waals surface area contributed by atoms with Gasteiger partial charge in [-0.2, -0.15) is 0 Å². The van der Waals surface area contributed by atoms with Crippen LogP contribution in [-0.2, 0) is 28.9 Å². The van der Waals surface area contributed by atoms with Crippen LogP contribution in [0.4, 0.5) is 5.00 Å². The number of para-hydroxylation sites is 1. The van der Waals surface area contributed by atoms with E-state index in [0.717, 1.165) is 29.7 Å². The van der Waals surface area contributed by atoms with Gasteiger partial charge in [-0.25, -0.2) is 9.78 Å². The van der Waals surface area contributed by atoms with Crippen molar-refractivity contribution in [3.63, 3.8) is 0 Å². The number of nitrogens with zero attached hydrogens (tertiary/aromatic N) is 2. The number of rotatable bonds is 8. The highest BCUT2D eigenvalue weighted by Crippen LogP contribution is 2.40. The first-order valence-electron chi connectivity index (χ1n) is 12.5. The zero-order valence-corrected chi connectivity index (χ0v) is 23.1. The van der Waals surface area contributed by atoms with Crippen molar-refractivity contribution >= 4 is 50.9 Å². The Bertz CT molecular complexity index is 1340. The molecule has 7 nitrogen and oxygen atoms in total. The summed E-state index contributed by atoms with van der Waals surface area (Å²) in [4.78, 5) is 45.2. The maximum atomic E-state index is 13.3. The molecule has 2 heterocycles. The quantitative estimate of drug-likeness (QED) is 0.235. The van der Waals surface area contributed by atoms with Crippen molar-refractivity contribution in [3.05, 3.63) is 50.6 Å². The molecule has 1 N–H and O–H groups in total. The van der Waals surface area contributed by atoms with Gasteiger partial charge in [0, 0.05) is 11.4 Å². The van der Waals surface area contributed by atoms with Crippen LogP contribution in [-0.4, -0.2) is 33.3 Å². The fourth-order valence-electron chi connectivity index (χ4n) is 4.45. The summed E-state index contributed by atoms with van der Waals surface area (Å²) in [5.74, 6) is 0.153. The van der Waals surface area contributed by atoms with Crippen molar-refractivity contribution in [1.82, 2.24) is 9.55 Å². The Labute approximate surface area is 219 Å². The molecular weight excluding hydrogens is 494 g/mol. The first-order chi connectivity index (χ1) is 17.2. The zero-order chi connectivity index (χ0) is 26.0. The van der Waals surface area contributed by atoms with Crippen LogP contribution in [0.25, 0.3) is 10.9 Å². The fraction of sp³-hybridized carbons (Fsp3) is 0.481. The fourth-order valence-corrected chi connectivity index (χ4v) is 6.77. The highest BCUT2D eigenvalue weighted by Gasteiger charge is 2.30. The first kappa shape index (κ1) is 26.4. The summed E-state index contributed by atoms with van der Waals surface area (Å²) in [5, 5.41) is 4.09. The van der Waals surface area contributed by atoms with Crippen LogP contribution in [0.1, 0.15) is 61.8 Å². The Kier molecular flexibility index (Phi) is 8.20. The average Bonchev–Trinajstić information content (AvgIpc) is 3.18. The van der Waals surface area contributed by atoms with Gasteiger partial charge in [0.2, 0.25) is 5.91 Å².